The number of hydrogen-bond donors (Lipinski definition) is 1. The molecule has 0 saturated carbocycles. The van der Waals surface area contributed by atoms with Crippen LogP contribution in [0.5, 0.6) is 0 Å². The Bertz CT molecular complexity index is 881. The highest BCUT2D eigenvalue weighted by atomic mass is 16.3. The second-order valence-corrected chi connectivity index (χ2v) is 7.79. The van der Waals surface area contributed by atoms with Crippen molar-refractivity contribution in [2.75, 3.05) is 32.7 Å². The minimum Gasteiger partial charge on any atom is -0.505 e. The molecule has 2 heterocycles. The molecular weight excluding hydrogens is 358 g/mol. The molecule has 0 radical (unpaired) electrons. The van der Waals surface area contributed by atoms with Crippen LogP contribution in [0, 0.1) is 0 Å². The van der Waals surface area contributed by atoms with Gasteiger partial charge in [0.15, 0.2) is 0 Å². The topological polar surface area (TPSA) is 30.0 Å². The van der Waals surface area contributed by atoms with Crippen LogP contribution in [-0.4, -0.2) is 52.5 Å². The van der Waals surface area contributed by atoms with E-state index in [2.05, 4.69) is 58.8 Å². The van der Waals surface area contributed by atoms with Gasteiger partial charge in [0.1, 0.15) is 5.76 Å². The van der Waals surface area contributed by atoms with Crippen LogP contribution >= 0.6 is 0 Å². The van der Waals surface area contributed by atoms with E-state index in [9.17, 15) is 5.11 Å². The molecule has 4 heteroatoms. The summed E-state index contributed by atoms with van der Waals surface area (Å²) in [6.45, 7) is 10.7. The Morgan fingerprint density at radius 2 is 1.24 bits per heavy atom. The number of aliphatic hydroxyl groups is 1. The minimum absolute atomic E-state index is 0.315. The standard InChI is InChI=1S/C25H29N3O/c1-21-25(29)24(12-13-28(21)19-23-10-6-3-7-11-23)20-27-16-14-26(15-17-27)18-22-8-4-2-5-9-22/h2-13,29H,1,14-20H2. The van der Waals surface area contributed by atoms with Gasteiger partial charge >= 0.3 is 0 Å². The van der Waals surface area contributed by atoms with Crippen molar-refractivity contribution in [1.82, 2.24) is 14.7 Å². The van der Waals surface area contributed by atoms with E-state index in [0.717, 1.165) is 44.8 Å². The molecule has 0 amide bonds. The first-order valence-corrected chi connectivity index (χ1v) is 10.3. The molecule has 0 bridgehead atoms. The van der Waals surface area contributed by atoms with Crippen LogP contribution in [0.3, 0.4) is 0 Å². The molecule has 0 aliphatic carbocycles. The van der Waals surface area contributed by atoms with Crippen LogP contribution in [0.15, 0.2) is 96.5 Å². The van der Waals surface area contributed by atoms with E-state index in [0.29, 0.717) is 18.0 Å². The van der Waals surface area contributed by atoms with Crippen molar-refractivity contribution in [3.63, 3.8) is 0 Å². The van der Waals surface area contributed by atoms with Crippen LogP contribution in [0.1, 0.15) is 11.1 Å². The van der Waals surface area contributed by atoms with Gasteiger partial charge in [0.2, 0.25) is 0 Å². The molecule has 0 spiro atoms. The molecule has 0 atom stereocenters. The first kappa shape index (κ1) is 19.5. The van der Waals surface area contributed by atoms with Crippen molar-refractivity contribution in [3.8, 4) is 0 Å². The molecule has 2 aromatic carbocycles. The third kappa shape index (κ3) is 4.97. The number of piperazine rings is 1. The zero-order valence-electron chi connectivity index (χ0n) is 16.9. The van der Waals surface area contributed by atoms with Gasteiger partial charge in [-0.15, -0.1) is 0 Å². The fourth-order valence-corrected chi connectivity index (χ4v) is 3.91. The van der Waals surface area contributed by atoms with Gasteiger partial charge in [0.25, 0.3) is 0 Å². The summed E-state index contributed by atoms with van der Waals surface area (Å²) in [5.74, 6) is 0.315. The Labute approximate surface area is 173 Å². The predicted molar refractivity (Wildman–Crippen MR) is 118 cm³/mol. The van der Waals surface area contributed by atoms with E-state index < -0.39 is 0 Å². The van der Waals surface area contributed by atoms with E-state index in [1.165, 1.54) is 11.1 Å². The van der Waals surface area contributed by atoms with E-state index in [1.807, 2.05) is 35.4 Å². The highest BCUT2D eigenvalue weighted by Gasteiger charge is 2.22. The van der Waals surface area contributed by atoms with Gasteiger partial charge in [-0.05, 0) is 17.2 Å². The molecule has 29 heavy (non-hydrogen) atoms. The summed E-state index contributed by atoms with van der Waals surface area (Å²) in [5.41, 5.74) is 4.19. The SMILES string of the molecule is C=C1C(O)=C(CN2CCN(Cc3ccccc3)CC2)C=CN1Cc1ccccc1. The summed E-state index contributed by atoms with van der Waals surface area (Å²) in [6.07, 6.45) is 4.07. The Kier molecular flexibility index (Phi) is 6.13. The number of aliphatic hydroxyl groups excluding tert-OH is 1. The first-order chi connectivity index (χ1) is 14.2. The number of hydrogen-bond acceptors (Lipinski definition) is 4. The maximum Gasteiger partial charge on any atom is 0.143 e. The Morgan fingerprint density at radius 1 is 0.724 bits per heavy atom. The van der Waals surface area contributed by atoms with Crippen LogP contribution in [0.4, 0.5) is 0 Å². The van der Waals surface area contributed by atoms with Gasteiger partial charge < -0.3 is 10.0 Å². The second kappa shape index (κ2) is 9.12. The molecule has 1 N–H and O–H groups in total. The third-order valence-corrected chi connectivity index (χ3v) is 5.68. The quantitative estimate of drug-likeness (QED) is 0.806. The summed E-state index contributed by atoms with van der Waals surface area (Å²) in [4.78, 5) is 6.92. The van der Waals surface area contributed by atoms with Crippen molar-refractivity contribution in [1.29, 1.82) is 0 Å². The first-order valence-electron chi connectivity index (χ1n) is 10.3. The number of benzene rings is 2. The molecule has 2 aliphatic rings. The lowest BCUT2D eigenvalue weighted by Crippen LogP contribution is -2.46. The minimum atomic E-state index is 0.315. The average Bonchev–Trinajstić information content (AvgIpc) is 2.76. The van der Waals surface area contributed by atoms with Gasteiger partial charge in [0, 0.05) is 57.6 Å². The normalized spacial score (nSPS) is 18.5. The zero-order chi connectivity index (χ0) is 20.1. The highest BCUT2D eigenvalue weighted by molar-refractivity contribution is 5.39. The van der Waals surface area contributed by atoms with E-state index in [4.69, 9.17) is 0 Å². The molecule has 2 aliphatic heterocycles. The number of rotatable bonds is 6. The lowest BCUT2D eigenvalue weighted by Gasteiger charge is -2.36. The smallest absolute Gasteiger partial charge is 0.143 e. The fourth-order valence-electron chi connectivity index (χ4n) is 3.91. The maximum absolute atomic E-state index is 10.7. The molecule has 150 valence electrons. The van der Waals surface area contributed by atoms with Gasteiger partial charge in [-0.2, -0.15) is 0 Å². The molecule has 4 rings (SSSR count). The predicted octanol–water partition coefficient (Wildman–Crippen LogP) is 4.16. The molecule has 2 aromatic rings. The average molecular weight is 388 g/mol. The number of nitrogens with zero attached hydrogens (tertiary/aromatic N) is 3. The third-order valence-electron chi connectivity index (χ3n) is 5.68. The summed E-state index contributed by atoms with van der Waals surface area (Å²) in [7, 11) is 0. The fraction of sp³-hybridized carbons (Fsp3) is 0.280. The van der Waals surface area contributed by atoms with E-state index in [1.54, 1.807) is 0 Å². The Balaban J connectivity index is 1.30. The molecule has 4 nitrogen and oxygen atoms in total. The second-order valence-electron chi connectivity index (χ2n) is 7.79. The summed E-state index contributed by atoms with van der Waals surface area (Å²) < 4.78 is 0. The highest BCUT2D eigenvalue weighted by Crippen LogP contribution is 2.25. The molecule has 1 saturated heterocycles. The van der Waals surface area contributed by atoms with Gasteiger partial charge in [0.05, 0.1) is 5.70 Å². The maximum atomic E-state index is 10.7. The molecule has 0 unspecified atom stereocenters. The Morgan fingerprint density at radius 3 is 1.83 bits per heavy atom. The monoisotopic (exact) mass is 387 g/mol. The van der Waals surface area contributed by atoms with Crippen LogP contribution in [0.25, 0.3) is 0 Å². The van der Waals surface area contributed by atoms with E-state index in [-0.39, 0.29) is 0 Å². The molecular formula is C25H29N3O. The Hall–Kier alpha value is -2.82. The van der Waals surface area contributed by atoms with Gasteiger partial charge in [-0.25, -0.2) is 0 Å². The lowest BCUT2D eigenvalue weighted by molar-refractivity contribution is 0.134. The van der Waals surface area contributed by atoms with Gasteiger partial charge in [-0.1, -0.05) is 67.2 Å². The van der Waals surface area contributed by atoms with Crippen molar-refractivity contribution in [3.05, 3.63) is 108 Å². The molecule has 0 aromatic heterocycles. The van der Waals surface area contributed by atoms with Crippen LogP contribution < -0.4 is 0 Å². The van der Waals surface area contributed by atoms with Crippen molar-refractivity contribution in [2.24, 2.45) is 0 Å². The van der Waals surface area contributed by atoms with Gasteiger partial charge in [-0.3, -0.25) is 9.80 Å². The molecule has 1 fully saturated rings. The van der Waals surface area contributed by atoms with Crippen molar-refractivity contribution < 1.29 is 5.11 Å². The summed E-state index contributed by atoms with van der Waals surface area (Å²) in [5, 5.41) is 10.7. The summed E-state index contributed by atoms with van der Waals surface area (Å²) in [6, 6.07) is 20.9. The van der Waals surface area contributed by atoms with E-state index >= 15 is 0 Å². The van der Waals surface area contributed by atoms with Crippen molar-refractivity contribution >= 4 is 0 Å². The summed E-state index contributed by atoms with van der Waals surface area (Å²) >= 11 is 0. The zero-order valence-corrected chi connectivity index (χ0v) is 16.9. The largest absolute Gasteiger partial charge is 0.505 e. The van der Waals surface area contributed by atoms with Crippen LogP contribution in [0.2, 0.25) is 0 Å². The lowest BCUT2D eigenvalue weighted by atomic mass is 10.1. The van der Waals surface area contributed by atoms with Crippen LogP contribution in [-0.2, 0) is 13.1 Å². The van der Waals surface area contributed by atoms with Crippen molar-refractivity contribution in [2.45, 2.75) is 13.1 Å².